The Morgan fingerprint density at radius 2 is 0.952 bits per heavy atom. The minimum atomic E-state index is 1.32. The molecule has 1 rings (SSSR count). The normalized spacial score (nSPS) is 11.1. The van der Waals surface area contributed by atoms with Crippen molar-refractivity contribution in [3.63, 3.8) is 0 Å². The number of hydrogen-bond acceptors (Lipinski definition) is 1. The van der Waals surface area contributed by atoms with Gasteiger partial charge in [0.1, 0.15) is 0 Å². The van der Waals surface area contributed by atoms with Crippen molar-refractivity contribution >= 4 is 11.3 Å². The lowest BCUT2D eigenvalue weighted by Crippen LogP contribution is -1.92. The van der Waals surface area contributed by atoms with E-state index in [1.165, 1.54) is 89.9 Å². The van der Waals surface area contributed by atoms with E-state index in [1.807, 2.05) is 11.3 Å². The zero-order chi connectivity index (χ0) is 15.2. The molecule has 0 bridgehead atoms. The van der Waals surface area contributed by atoms with Crippen LogP contribution in [-0.4, -0.2) is 0 Å². The third kappa shape index (κ3) is 9.34. The summed E-state index contributed by atoms with van der Waals surface area (Å²) in [7, 11) is 0. The smallest absolute Gasteiger partial charge is 0.00584 e. The highest BCUT2D eigenvalue weighted by molar-refractivity contribution is 7.08. The number of unbranched alkanes of at least 4 members (excludes halogenated alkanes) is 10. The first-order chi connectivity index (χ1) is 10.4. The fourth-order valence-electron chi connectivity index (χ4n) is 2.98. The number of hydrogen-bond donors (Lipinski definition) is 0. The van der Waals surface area contributed by atoms with Crippen LogP contribution in [0.3, 0.4) is 0 Å². The summed E-state index contributed by atoms with van der Waals surface area (Å²) in [6.45, 7) is 4.58. The summed E-state index contributed by atoms with van der Waals surface area (Å²) >= 11 is 1.91. The molecule has 1 aromatic rings. The van der Waals surface area contributed by atoms with E-state index in [0.717, 1.165) is 0 Å². The number of aryl methyl sites for hydroxylation is 2. The highest BCUT2D eigenvalue weighted by Gasteiger charge is 2.04. The molecule has 1 heterocycles. The van der Waals surface area contributed by atoms with Gasteiger partial charge in [0.05, 0.1) is 0 Å². The van der Waals surface area contributed by atoms with Gasteiger partial charge < -0.3 is 0 Å². The van der Waals surface area contributed by atoms with Gasteiger partial charge in [0.15, 0.2) is 0 Å². The Bertz CT molecular complexity index is 326. The quantitative estimate of drug-likeness (QED) is 0.311. The third-order valence-corrected chi connectivity index (χ3v) is 5.27. The summed E-state index contributed by atoms with van der Waals surface area (Å²) in [6.07, 6.45) is 19.6. The summed E-state index contributed by atoms with van der Waals surface area (Å²) < 4.78 is 0. The summed E-state index contributed by atoms with van der Waals surface area (Å²) in [5.74, 6) is 0. The fourth-order valence-corrected chi connectivity index (χ4v) is 3.92. The van der Waals surface area contributed by atoms with Gasteiger partial charge in [-0.25, -0.2) is 0 Å². The average Bonchev–Trinajstić information content (AvgIpc) is 2.94. The van der Waals surface area contributed by atoms with E-state index in [2.05, 4.69) is 24.6 Å². The zero-order valence-electron chi connectivity index (χ0n) is 14.5. The molecule has 0 fully saturated rings. The van der Waals surface area contributed by atoms with Gasteiger partial charge in [0.2, 0.25) is 0 Å². The monoisotopic (exact) mass is 308 g/mol. The van der Waals surface area contributed by atoms with E-state index < -0.39 is 0 Å². The van der Waals surface area contributed by atoms with E-state index in [1.54, 1.807) is 11.1 Å². The molecule has 0 spiro atoms. The van der Waals surface area contributed by atoms with Crippen LogP contribution in [-0.2, 0) is 12.8 Å². The van der Waals surface area contributed by atoms with Crippen molar-refractivity contribution in [1.82, 2.24) is 0 Å². The molecule has 0 aliphatic heterocycles. The Labute approximate surface area is 137 Å². The minimum Gasteiger partial charge on any atom is -0.152 e. The van der Waals surface area contributed by atoms with Crippen molar-refractivity contribution in [3.8, 4) is 0 Å². The van der Waals surface area contributed by atoms with Gasteiger partial charge >= 0.3 is 0 Å². The third-order valence-electron chi connectivity index (χ3n) is 4.43. The lowest BCUT2D eigenvalue weighted by Gasteiger charge is -2.05. The second kappa shape index (κ2) is 13.4. The van der Waals surface area contributed by atoms with Crippen molar-refractivity contribution in [2.75, 3.05) is 0 Å². The molecule has 122 valence electrons. The second-order valence-electron chi connectivity index (χ2n) is 6.46. The van der Waals surface area contributed by atoms with Gasteiger partial charge in [0, 0.05) is 0 Å². The maximum atomic E-state index is 2.40. The van der Waals surface area contributed by atoms with Crippen LogP contribution in [0.25, 0.3) is 0 Å². The first-order valence-electron chi connectivity index (χ1n) is 9.42. The van der Waals surface area contributed by atoms with Gasteiger partial charge in [-0.15, -0.1) is 0 Å². The van der Waals surface area contributed by atoms with Crippen LogP contribution in [0.1, 0.15) is 102 Å². The molecule has 0 N–H and O–H groups in total. The highest BCUT2D eigenvalue weighted by Crippen LogP contribution is 2.21. The van der Waals surface area contributed by atoms with Crippen LogP contribution in [0.4, 0.5) is 0 Å². The molecule has 0 saturated heterocycles. The first kappa shape index (κ1) is 18.7. The van der Waals surface area contributed by atoms with Gasteiger partial charge in [-0.3, -0.25) is 0 Å². The molecule has 0 amide bonds. The second-order valence-corrected chi connectivity index (χ2v) is 7.20. The maximum Gasteiger partial charge on any atom is -0.00584 e. The average molecular weight is 309 g/mol. The van der Waals surface area contributed by atoms with Crippen LogP contribution in [0.15, 0.2) is 10.8 Å². The molecule has 0 atom stereocenters. The predicted molar refractivity (Wildman–Crippen MR) is 98.5 cm³/mol. The Hall–Kier alpha value is -0.300. The van der Waals surface area contributed by atoms with E-state index in [4.69, 9.17) is 0 Å². The Balaban J connectivity index is 2.08. The Morgan fingerprint density at radius 3 is 1.38 bits per heavy atom. The SMILES string of the molecule is CCCCCCCCCc1cscc1CCCCCCC. The summed E-state index contributed by atoms with van der Waals surface area (Å²) in [4.78, 5) is 0. The van der Waals surface area contributed by atoms with Gasteiger partial charge in [-0.2, -0.15) is 11.3 Å². The van der Waals surface area contributed by atoms with Gasteiger partial charge in [0.25, 0.3) is 0 Å². The van der Waals surface area contributed by atoms with Crippen molar-refractivity contribution in [2.24, 2.45) is 0 Å². The standard InChI is InChI=1S/C20H36S/c1-3-5-7-9-10-12-14-16-20-18-21-17-19(20)15-13-11-8-6-4-2/h17-18H,3-16H2,1-2H3. The lowest BCUT2D eigenvalue weighted by atomic mass is 10.0. The van der Waals surface area contributed by atoms with Crippen LogP contribution in [0.5, 0.6) is 0 Å². The van der Waals surface area contributed by atoms with E-state index in [-0.39, 0.29) is 0 Å². The van der Waals surface area contributed by atoms with Gasteiger partial charge in [-0.05, 0) is 47.6 Å². The van der Waals surface area contributed by atoms with E-state index >= 15 is 0 Å². The van der Waals surface area contributed by atoms with Crippen LogP contribution >= 0.6 is 11.3 Å². The van der Waals surface area contributed by atoms with Crippen LogP contribution < -0.4 is 0 Å². The summed E-state index contributed by atoms with van der Waals surface area (Å²) in [6, 6.07) is 0. The topological polar surface area (TPSA) is 0 Å². The largest absolute Gasteiger partial charge is 0.152 e. The van der Waals surface area contributed by atoms with Crippen LogP contribution in [0.2, 0.25) is 0 Å². The molecule has 1 aromatic heterocycles. The zero-order valence-corrected chi connectivity index (χ0v) is 15.3. The van der Waals surface area contributed by atoms with Crippen molar-refractivity contribution in [1.29, 1.82) is 0 Å². The molecule has 21 heavy (non-hydrogen) atoms. The molecule has 0 aliphatic carbocycles. The van der Waals surface area contributed by atoms with E-state index in [9.17, 15) is 0 Å². The minimum absolute atomic E-state index is 1.32. The predicted octanol–water partition coefficient (Wildman–Crippen LogP) is 7.55. The van der Waals surface area contributed by atoms with Crippen molar-refractivity contribution in [3.05, 3.63) is 21.9 Å². The molecule has 0 saturated carbocycles. The molecule has 0 nitrogen and oxygen atoms in total. The van der Waals surface area contributed by atoms with Crippen molar-refractivity contribution in [2.45, 2.75) is 104 Å². The highest BCUT2D eigenvalue weighted by atomic mass is 32.1. The van der Waals surface area contributed by atoms with Crippen LogP contribution in [0, 0.1) is 0 Å². The number of thiophene rings is 1. The fraction of sp³-hybridized carbons (Fsp3) is 0.800. The molecule has 0 aromatic carbocycles. The Morgan fingerprint density at radius 1 is 0.571 bits per heavy atom. The lowest BCUT2D eigenvalue weighted by molar-refractivity contribution is 0.588. The summed E-state index contributed by atoms with van der Waals surface area (Å²) in [5, 5.41) is 4.80. The van der Waals surface area contributed by atoms with Gasteiger partial charge in [-0.1, -0.05) is 78.1 Å². The Kier molecular flexibility index (Phi) is 11.9. The maximum absolute atomic E-state index is 2.40. The molecular formula is C20H36S. The summed E-state index contributed by atoms with van der Waals surface area (Å²) in [5.41, 5.74) is 3.31. The molecule has 0 radical (unpaired) electrons. The molecule has 0 aliphatic rings. The number of rotatable bonds is 14. The first-order valence-corrected chi connectivity index (χ1v) is 10.4. The van der Waals surface area contributed by atoms with E-state index in [0.29, 0.717) is 0 Å². The molecule has 0 unspecified atom stereocenters. The molecular weight excluding hydrogens is 272 g/mol. The molecule has 1 heteroatoms. The van der Waals surface area contributed by atoms with Crippen molar-refractivity contribution < 1.29 is 0 Å².